The maximum Gasteiger partial charge on any atom is 0.238 e. The fraction of sp³-hybridized carbons (Fsp3) is 0.846. The molecule has 5 heteroatoms. The molecule has 100 valence electrons. The summed E-state index contributed by atoms with van der Waals surface area (Å²) in [5.74, 6) is 1.39. The summed E-state index contributed by atoms with van der Waals surface area (Å²) in [7, 11) is 0. The second-order valence-corrected chi connectivity index (χ2v) is 8.07. The number of rotatable bonds is 2. The molecule has 2 aliphatic rings. The van der Waals surface area contributed by atoms with Gasteiger partial charge in [0.2, 0.25) is 5.91 Å². The molecule has 0 aromatic carbocycles. The molecule has 1 atom stereocenters. The lowest BCUT2D eigenvalue weighted by Crippen LogP contribution is -2.50. The average Bonchev–Trinajstić information content (AvgIpc) is 2.86. The predicted octanol–water partition coefficient (Wildman–Crippen LogP) is 2.52. The van der Waals surface area contributed by atoms with Crippen LogP contribution in [0, 0.1) is 11.3 Å². The molecule has 0 spiro atoms. The number of thioether (sulfide) groups is 2. The molecule has 2 fully saturated rings. The van der Waals surface area contributed by atoms with Crippen LogP contribution in [0.5, 0.6) is 0 Å². The molecule has 18 heavy (non-hydrogen) atoms. The van der Waals surface area contributed by atoms with Crippen molar-refractivity contribution in [1.82, 2.24) is 4.90 Å². The normalized spacial score (nSPS) is 31.1. The van der Waals surface area contributed by atoms with E-state index in [1.807, 2.05) is 11.2 Å². The number of hydrogen-bond donors (Lipinski definition) is 0. The average molecular weight is 284 g/mol. The van der Waals surface area contributed by atoms with Gasteiger partial charge in [-0.3, -0.25) is 4.79 Å². The van der Waals surface area contributed by atoms with Crippen molar-refractivity contribution in [2.75, 3.05) is 25.1 Å². The van der Waals surface area contributed by atoms with Crippen molar-refractivity contribution in [3.8, 4) is 6.07 Å². The van der Waals surface area contributed by atoms with Crippen LogP contribution in [0.2, 0.25) is 0 Å². The molecule has 2 rings (SSSR count). The lowest BCUT2D eigenvalue weighted by Gasteiger charge is -2.39. The van der Waals surface area contributed by atoms with Gasteiger partial charge in [0.1, 0.15) is 4.75 Å². The van der Waals surface area contributed by atoms with Crippen molar-refractivity contribution in [2.24, 2.45) is 0 Å². The van der Waals surface area contributed by atoms with Crippen molar-refractivity contribution in [3.05, 3.63) is 0 Å². The molecule has 0 N–H and O–H groups in total. The number of likely N-dealkylation sites (tertiary alicyclic amines) is 1. The molecule has 0 aromatic rings. The van der Waals surface area contributed by atoms with Gasteiger partial charge in [-0.05, 0) is 44.6 Å². The SMILES string of the molecule is CSC1(C#N)CCN(C(=O)C2(C)CCCS2)CC1. The molecule has 2 saturated heterocycles. The van der Waals surface area contributed by atoms with E-state index in [4.69, 9.17) is 0 Å². The van der Waals surface area contributed by atoms with Gasteiger partial charge in [-0.25, -0.2) is 0 Å². The van der Waals surface area contributed by atoms with E-state index in [2.05, 4.69) is 13.0 Å². The predicted molar refractivity (Wildman–Crippen MR) is 77.8 cm³/mol. The molecular weight excluding hydrogens is 264 g/mol. The Kier molecular flexibility index (Phi) is 4.18. The number of carbonyl (C=O) groups excluding carboxylic acids is 1. The van der Waals surface area contributed by atoms with Crippen molar-refractivity contribution >= 4 is 29.4 Å². The molecule has 0 aromatic heterocycles. The summed E-state index contributed by atoms with van der Waals surface area (Å²) < 4.78 is -0.466. The molecule has 1 amide bonds. The standard InChI is InChI=1S/C13H20N2OS2/c1-12(4-3-9-18-12)11(16)15-7-5-13(10-14,17-2)6-8-15/h3-9H2,1-2H3. The van der Waals surface area contributed by atoms with Crippen molar-refractivity contribution < 1.29 is 4.79 Å². The number of carbonyl (C=O) groups is 1. The molecule has 3 nitrogen and oxygen atoms in total. The minimum atomic E-state index is -0.263. The Morgan fingerprint density at radius 2 is 2.06 bits per heavy atom. The van der Waals surface area contributed by atoms with Gasteiger partial charge in [-0.15, -0.1) is 23.5 Å². The Hall–Kier alpha value is -0.340. The summed E-state index contributed by atoms with van der Waals surface area (Å²) in [6.07, 6.45) is 5.75. The second-order valence-electron chi connectivity index (χ2n) is 5.29. The van der Waals surface area contributed by atoms with Crippen LogP contribution in [-0.2, 0) is 4.79 Å². The lowest BCUT2D eigenvalue weighted by molar-refractivity contribution is -0.134. The smallest absolute Gasteiger partial charge is 0.238 e. The second kappa shape index (κ2) is 5.34. The molecule has 0 radical (unpaired) electrons. The highest BCUT2D eigenvalue weighted by atomic mass is 32.2. The molecule has 0 saturated carbocycles. The van der Waals surface area contributed by atoms with Crippen molar-refractivity contribution in [1.29, 1.82) is 5.26 Å². The topological polar surface area (TPSA) is 44.1 Å². The highest BCUT2D eigenvalue weighted by Gasteiger charge is 2.43. The maximum absolute atomic E-state index is 12.5. The highest BCUT2D eigenvalue weighted by molar-refractivity contribution is 8.01. The molecule has 2 heterocycles. The largest absolute Gasteiger partial charge is 0.341 e. The quantitative estimate of drug-likeness (QED) is 0.781. The number of nitrogens with zero attached hydrogens (tertiary/aromatic N) is 2. The van der Waals surface area contributed by atoms with E-state index < -0.39 is 0 Å². The van der Waals surface area contributed by atoms with E-state index in [0.29, 0.717) is 0 Å². The van der Waals surface area contributed by atoms with E-state index >= 15 is 0 Å². The number of nitriles is 1. The zero-order valence-corrected chi connectivity index (χ0v) is 12.7. The molecule has 0 bridgehead atoms. The summed E-state index contributed by atoms with van der Waals surface area (Å²) in [5.41, 5.74) is 0. The summed E-state index contributed by atoms with van der Waals surface area (Å²) in [6, 6.07) is 2.43. The van der Waals surface area contributed by atoms with E-state index in [0.717, 1.165) is 44.5 Å². The van der Waals surface area contributed by atoms with E-state index in [1.165, 1.54) is 0 Å². The fourth-order valence-electron chi connectivity index (χ4n) is 2.71. The lowest BCUT2D eigenvalue weighted by atomic mass is 9.95. The van der Waals surface area contributed by atoms with Gasteiger partial charge >= 0.3 is 0 Å². The fourth-order valence-corrected chi connectivity index (χ4v) is 4.68. The van der Waals surface area contributed by atoms with Crippen LogP contribution >= 0.6 is 23.5 Å². The Morgan fingerprint density at radius 1 is 1.39 bits per heavy atom. The van der Waals surface area contributed by atoms with Gasteiger partial charge in [0.05, 0.1) is 10.8 Å². The summed E-state index contributed by atoms with van der Waals surface area (Å²) in [6.45, 7) is 3.56. The Morgan fingerprint density at radius 3 is 2.50 bits per heavy atom. The van der Waals surface area contributed by atoms with Crippen molar-refractivity contribution in [2.45, 2.75) is 42.1 Å². The van der Waals surface area contributed by atoms with Crippen molar-refractivity contribution in [3.63, 3.8) is 0 Å². The van der Waals surface area contributed by atoms with Crippen LogP contribution in [0.1, 0.15) is 32.6 Å². The minimum absolute atomic E-state index is 0.202. The Balaban J connectivity index is 1.98. The summed E-state index contributed by atoms with van der Waals surface area (Å²) in [4.78, 5) is 14.5. The number of hydrogen-bond acceptors (Lipinski definition) is 4. The Bertz CT molecular complexity index is 364. The third kappa shape index (κ3) is 2.50. The van der Waals surface area contributed by atoms with Crippen LogP contribution in [0.4, 0.5) is 0 Å². The first kappa shape index (κ1) is 14.1. The van der Waals surface area contributed by atoms with Gasteiger partial charge in [0.15, 0.2) is 0 Å². The number of amides is 1. The summed E-state index contributed by atoms with van der Waals surface area (Å²) in [5, 5.41) is 9.25. The molecular formula is C13H20N2OS2. The minimum Gasteiger partial charge on any atom is -0.341 e. The molecule has 0 aliphatic carbocycles. The third-order valence-electron chi connectivity index (χ3n) is 4.12. The number of piperidine rings is 1. The van der Waals surface area contributed by atoms with E-state index in [-0.39, 0.29) is 15.4 Å². The maximum atomic E-state index is 12.5. The first-order valence-electron chi connectivity index (χ1n) is 6.45. The monoisotopic (exact) mass is 284 g/mol. The van der Waals surface area contributed by atoms with Gasteiger partial charge < -0.3 is 4.90 Å². The molecule has 2 aliphatic heterocycles. The van der Waals surface area contributed by atoms with Gasteiger partial charge in [0.25, 0.3) is 0 Å². The first-order chi connectivity index (χ1) is 8.55. The Labute approximate surface area is 118 Å². The third-order valence-corrected chi connectivity index (χ3v) is 6.91. The zero-order chi connectivity index (χ0) is 13.2. The van der Waals surface area contributed by atoms with Gasteiger partial charge in [-0.2, -0.15) is 5.26 Å². The van der Waals surface area contributed by atoms with Crippen LogP contribution < -0.4 is 0 Å². The van der Waals surface area contributed by atoms with E-state index in [9.17, 15) is 10.1 Å². The van der Waals surface area contributed by atoms with Crippen LogP contribution in [0.25, 0.3) is 0 Å². The first-order valence-corrected chi connectivity index (χ1v) is 8.66. The van der Waals surface area contributed by atoms with Crippen LogP contribution in [0.3, 0.4) is 0 Å². The zero-order valence-electron chi connectivity index (χ0n) is 11.1. The molecule has 1 unspecified atom stereocenters. The van der Waals surface area contributed by atoms with Gasteiger partial charge in [0, 0.05) is 13.1 Å². The van der Waals surface area contributed by atoms with Crippen LogP contribution in [0.15, 0.2) is 0 Å². The summed E-state index contributed by atoms with van der Waals surface area (Å²) >= 11 is 3.43. The highest BCUT2D eigenvalue weighted by Crippen LogP contribution is 2.41. The van der Waals surface area contributed by atoms with E-state index in [1.54, 1.807) is 23.5 Å². The van der Waals surface area contributed by atoms with Crippen LogP contribution in [-0.4, -0.2) is 45.4 Å². The van der Waals surface area contributed by atoms with Gasteiger partial charge in [-0.1, -0.05) is 0 Å².